The molecule has 12 heteroatoms. The molecular weight excluding hydrogens is 545 g/mol. The minimum Gasteiger partial charge on any atom is -0.373 e. The van der Waals surface area contributed by atoms with Gasteiger partial charge in [0.15, 0.2) is 0 Å². The van der Waals surface area contributed by atoms with Crippen molar-refractivity contribution in [1.29, 1.82) is 0 Å². The van der Waals surface area contributed by atoms with Crippen LogP contribution in [0.5, 0.6) is 0 Å². The molecule has 5 rings (SSSR count). The SMILES string of the molecule is CCN1CCN(Cc2ccc(NC(=O)N3Cc4cc(Nc5ccnc(NC)c5)cnc4C(C)C3)cc2C(F)(F)F)CC1. The Morgan fingerprint density at radius 1 is 1.00 bits per heavy atom. The highest BCUT2D eigenvalue weighted by Gasteiger charge is 2.35. The summed E-state index contributed by atoms with van der Waals surface area (Å²) in [6, 6.07) is 9.31. The lowest BCUT2D eigenvalue weighted by Crippen LogP contribution is -2.45. The molecule has 1 aromatic carbocycles. The predicted molar refractivity (Wildman–Crippen MR) is 158 cm³/mol. The summed E-state index contributed by atoms with van der Waals surface area (Å²) in [7, 11) is 1.79. The number of urea groups is 1. The average Bonchev–Trinajstić information content (AvgIpc) is 2.97. The van der Waals surface area contributed by atoms with Crippen molar-refractivity contribution in [2.24, 2.45) is 0 Å². The quantitative estimate of drug-likeness (QED) is 0.336. The van der Waals surface area contributed by atoms with Crippen LogP contribution in [0.1, 0.15) is 42.1 Å². The van der Waals surface area contributed by atoms with Crippen LogP contribution in [0.2, 0.25) is 0 Å². The molecule has 42 heavy (non-hydrogen) atoms. The zero-order valence-corrected chi connectivity index (χ0v) is 24.1. The standard InChI is InChI=1S/C30H37F3N8O/c1-4-39-9-11-40(12-10-39)18-21-5-6-23(14-26(21)30(31,32)33)38-29(42)41-17-20(2)28-22(19-41)13-25(16-36-28)37-24-7-8-35-27(15-24)34-3/h5-8,13-16,20H,4,9-12,17-19H2,1-3H3,(H,38,42)(H2,34,35,37). The van der Waals surface area contributed by atoms with Gasteiger partial charge in [-0.2, -0.15) is 13.2 Å². The maximum atomic E-state index is 14.1. The van der Waals surface area contributed by atoms with Gasteiger partial charge >= 0.3 is 12.2 Å². The van der Waals surface area contributed by atoms with Crippen LogP contribution in [0.3, 0.4) is 0 Å². The number of nitrogens with zero attached hydrogens (tertiary/aromatic N) is 5. The second-order valence-electron chi connectivity index (χ2n) is 10.9. The van der Waals surface area contributed by atoms with Gasteiger partial charge in [0.2, 0.25) is 0 Å². The van der Waals surface area contributed by atoms with Crippen LogP contribution < -0.4 is 16.0 Å². The molecular formula is C30H37F3N8O. The number of hydrogen-bond acceptors (Lipinski definition) is 7. The van der Waals surface area contributed by atoms with E-state index >= 15 is 0 Å². The summed E-state index contributed by atoms with van der Waals surface area (Å²) < 4.78 is 42.2. The number of alkyl halides is 3. The Labute approximate surface area is 244 Å². The van der Waals surface area contributed by atoms with E-state index in [-0.39, 0.29) is 23.7 Å². The van der Waals surface area contributed by atoms with Gasteiger partial charge in [-0.3, -0.25) is 9.88 Å². The van der Waals surface area contributed by atoms with Crippen molar-refractivity contribution < 1.29 is 18.0 Å². The molecule has 9 nitrogen and oxygen atoms in total. The van der Waals surface area contributed by atoms with E-state index in [4.69, 9.17) is 0 Å². The van der Waals surface area contributed by atoms with Crippen molar-refractivity contribution in [3.05, 3.63) is 71.2 Å². The first-order chi connectivity index (χ1) is 20.1. The number of amides is 2. The van der Waals surface area contributed by atoms with Gasteiger partial charge in [-0.1, -0.05) is 19.9 Å². The summed E-state index contributed by atoms with van der Waals surface area (Å²) in [5.41, 5.74) is 3.00. The Morgan fingerprint density at radius 2 is 1.76 bits per heavy atom. The first-order valence-corrected chi connectivity index (χ1v) is 14.2. The van der Waals surface area contributed by atoms with Gasteiger partial charge in [0, 0.05) is 82.4 Å². The molecule has 0 spiro atoms. The van der Waals surface area contributed by atoms with E-state index in [1.807, 2.05) is 30.0 Å². The third-order valence-corrected chi connectivity index (χ3v) is 7.89. The second-order valence-corrected chi connectivity index (χ2v) is 10.9. The van der Waals surface area contributed by atoms with Crippen molar-refractivity contribution in [2.75, 3.05) is 62.3 Å². The van der Waals surface area contributed by atoms with Crippen LogP contribution in [0.25, 0.3) is 0 Å². The molecule has 1 unspecified atom stereocenters. The van der Waals surface area contributed by atoms with Gasteiger partial charge in [0.1, 0.15) is 5.82 Å². The van der Waals surface area contributed by atoms with Crippen molar-refractivity contribution >= 4 is 28.9 Å². The van der Waals surface area contributed by atoms with Crippen LogP contribution in [0, 0.1) is 0 Å². The van der Waals surface area contributed by atoms with Crippen LogP contribution in [0.4, 0.5) is 40.8 Å². The van der Waals surface area contributed by atoms with Gasteiger partial charge in [0.05, 0.1) is 23.1 Å². The number of aromatic nitrogens is 2. The Bertz CT molecular complexity index is 1410. The number of piperazine rings is 1. The number of likely N-dealkylation sites (N-methyl/N-ethyl adjacent to an activating group) is 1. The van der Waals surface area contributed by atoms with Crippen LogP contribution in [-0.4, -0.2) is 77.0 Å². The Hall–Kier alpha value is -3.90. The summed E-state index contributed by atoms with van der Waals surface area (Å²) in [5.74, 6) is 0.686. The Balaban J connectivity index is 1.28. The van der Waals surface area contributed by atoms with E-state index in [2.05, 4.69) is 37.7 Å². The first kappa shape index (κ1) is 29.6. The second kappa shape index (κ2) is 12.5. The van der Waals surface area contributed by atoms with Gasteiger partial charge in [-0.15, -0.1) is 0 Å². The van der Waals surface area contributed by atoms with E-state index in [1.54, 1.807) is 30.4 Å². The molecule has 2 amide bonds. The zero-order chi connectivity index (χ0) is 29.9. The van der Waals surface area contributed by atoms with Gasteiger partial charge in [-0.05, 0) is 41.9 Å². The topological polar surface area (TPSA) is 88.7 Å². The minimum absolute atomic E-state index is 0.0355. The summed E-state index contributed by atoms with van der Waals surface area (Å²) in [4.78, 5) is 28.1. The predicted octanol–water partition coefficient (Wildman–Crippen LogP) is 5.57. The van der Waals surface area contributed by atoms with Gasteiger partial charge in [0.25, 0.3) is 0 Å². The highest BCUT2D eigenvalue weighted by Crippen LogP contribution is 2.35. The monoisotopic (exact) mass is 582 g/mol. The fourth-order valence-corrected chi connectivity index (χ4v) is 5.58. The normalized spacial score (nSPS) is 18.0. The first-order valence-electron chi connectivity index (χ1n) is 14.2. The Morgan fingerprint density at radius 3 is 2.48 bits per heavy atom. The fraction of sp³-hybridized carbons (Fsp3) is 0.433. The highest BCUT2D eigenvalue weighted by molar-refractivity contribution is 5.89. The number of fused-ring (bicyclic) bond motifs is 1. The fourth-order valence-electron chi connectivity index (χ4n) is 5.58. The molecule has 1 saturated heterocycles. The molecule has 3 aromatic rings. The van der Waals surface area contributed by atoms with E-state index in [0.29, 0.717) is 13.1 Å². The van der Waals surface area contributed by atoms with E-state index in [0.717, 1.165) is 67.2 Å². The molecule has 0 aliphatic carbocycles. The van der Waals surface area contributed by atoms with Crippen molar-refractivity contribution in [1.82, 2.24) is 24.7 Å². The largest absolute Gasteiger partial charge is 0.416 e. The molecule has 1 fully saturated rings. The number of carbonyl (C=O) groups excluding carboxylic acids is 1. The molecule has 1 atom stereocenters. The van der Waals surface area contributed by atoms with Crippen LogP contribution in [0.15, 0.2) is 48.8 Å². The third-order valence-electron chi connectivity index (χ3n) is 7.89. The van der Waals surface area contributed by atoms with E-state index < -0.39 is 17.8 Å². The molecule has 3 N–H and O–H groups in total. The van der Waals surface area contributed by atoms with Crippen molar-refractivity contribution in [2.45, 2.75) is 39.0 Å². The summed E-state index contributed by atoms with van der Waals surface area (Å²) in [5, 5.41) is 9.02. The molecule has 0 bridgehead atoms. The number of anilines is 4. The number of nitrogens with one attached hydrogen (secondary N) is 3. The number of pyridine rings is 2. The zero-order valence-electron chi connectivity index (χ0n) is 24.1. The molecule has 0 radical (unpaired) electrons. The summed E-state index contributed by atoms with van der Waals surface area (Å²) >= 11 is 0. The number of benzene rings is 1. The summed E-state index contributed by atoms with van der Waals surface area (Å²) in [6.45, 7) is 9.07. The highest BCUT2D eigenvalue weighted by atomic mass is 19.4. The number of carbonyl (C=O) groups is 1. The maximum Gasteiger partial charge on any atom is 0.416 e. The molecule has 2 aliphatic rings. The lowest BCUT2D eigenvalue weighted by atomic mass is 9.96. The van der Waals surface area contributed by atoms with E-state index in [9.17, 15) is 18.0 Å². The third kappa shape index (κ3) is 6.93. The van der Waals surface area contributed by atoms with Crippen LogP contribution in [-0.2, 0) is 19.3 Å². The molecule has 224 valence electrons. The number of hydrogen-bond donors (Lipinski definition) is 3. The smallest absolute Gasteiger partial charge is 0.373 e. The maximum absolute atomic E-state index is 14.1. The van der Waals surface area contributed by atoms with E-state index in [1.165, 1.54) is 6.07 Å². The summed E-state index contributed by atoms with van der Waals surface area (Å²) in [6.07, 6.45) is -1.08. The molecule has 2 aromatic heterocycles. The van der Waals surface area contributed by atoms with Crippen LogP contribution >= 0.6 is 0 Å². The number of rotatable bonds is 7. The van der Waals surface area contributed by atoms with Crippen molar-refractivity contribution in [3.8, 4) is 0 Å². The minimum atomic E-state index is -4.53. The average molecular weight is 583 g/mol. The lowest BCUT2D eigenvalue weighted by Gasteiger charge is -2.34. The lowest BCUT2D eigenvalue weighted by molar-refractivity contribution is -0.138. The molecule has 4 heterocycles. The van der Waals surface area contributed by atoms with Gasteiger partial charge < -0.3 is 25.8 Å². The molecule has 2 aliphatic heterocycles. The molecule has 0 saturated carbocycles. The van der Waals surface area contributed by atoms with Crippen molar-refractivity contribution in [3.63, 3.8) is 0 Å². The van der Waals surface area contributed by atoms with Gasteiger partial charge in [-0.25, -0.2) is 9.78 Å². The Kier molecular flexibility index (Phi) is 8.83. The number of halogens is 3.